The first-order chi connectivity index (χ1) is 10.2. The lowest BCUT2D eigenvalue weighted by molar-refractivity contribution is 0.213. The average molecular weight is 308 g/mol. The predicted molar refractivity (Wildman–Crippen MR) is 83.3 cm³/mol. The summed E-state index contributed by atoms with van der Waals surface area (Å²) >= 11 is 1.71. The Morgan fingerprint density at radius 3 is 2.71 bits per heavy atom. The van der Waals surface area contributed by atoms with E-state index in [1.54, 1.807) is 11.3 Å². The molecule has 0 saturated heterocycles. The number of ether oxygens (including phenoxy) is 2. The van der Waals surface area contributed by atoms with E-state index in [0.29, 0.717) is 12.6 Å². The molecule has 0 fully saturated rings. The van der Waals surface area contributed by atoms with Gasteiger partial charge in [0.25, 0.3) is 0 Å². The Bertz CT molecular complexity index is 546. The third-order valence-corrected chi connectivity index (χ3v) is 3.37. The van der Waals surface area contributed by atoms with Crippen LogP contribution < -0.4 is 14.8 Å². The van der Waals surface area contributed by atoms with Crippen molar-refractivity contribution in [2.45, 2.75) is 33.3 Å². The van der Waals surface area contributed by atoms with Gasteiger partial charge in [0.15, 0.2) is 0 Å². The minimum Gasteiger partial charge on any atom is -0.463 e. The predicted octanol–water partition coefficient (Wildman–Crippen LogP) is 2.77. The standard InChI is InChI=1S/C14H20N4O2S/c1-4-15-12-16-13(18-14(17-12)20-10(2)3)19-8-7-11-6-5-9-21-11/h5-6,9-10H,4,7-8H2,1-3H3,(H,15,16,17,18). The third kappa shape index (κ3) is 5.18. The second-order valence-corrected chi connectivity index (χ2v) is 5.63. The van der Waals surface area contributed by atoms with Crippen molar-refractivity contribution in [2.24, 2.45) is 0 Å². The van der Waals surface area contributed by atoms with Crippen molar-refractivity contribution in [2.75, 3.05) is 18.5 Å². The molecule has 0 spiro atoms. The van der Waals surface area contributed by atoms with E-state index in [1.165, 1.54) is 4.88 Å². The molecular formula is C14H20N4O2S. The Kier molecular flexibility index (Phi) is 5.74. The number of hydrogen-bond acceptors (Lipinski definition) is 7. The molecule has 2 aromatic rings. The summed E-state index contributed by atoms with van der Waals surface area (Å²) in [6.07, 6.45) is 0.834. The molecule has 0 aromatic carbocycles. The number of thiophene rings is 1. The summed E-state index contributed by atoms with van der Waals surface area (Å²) < 4.78 is 11.1. The van der Waals surface area contributed by atoms with Gasteiger partial charge in [-0.1, -0.05) is 6.07 Å². The van der Waals surface area contributed by atoms with E-state index in [9.17, 15) is 0 Å². The molecule has 1 N–H and O–H groups in total. The molecule has 6 nitrogen and oxygen atoms in total. The van der Waals surface area contributed by atoms with E-state index < -0.39 is 0 Å². The van der Waals surface area contributed by atoms with E-state index in [4.69, 9.17) is 9.47 Å². The normalized spacial score (nSPS) is 10.7. The highest BCUT2D eigenvalue weighted by atomic mass is 32.1. The van der Waals surface area contributed by atoms with Crippen molar-refractivity contribution in [3.05, 3.63) is 22.4 Å². The summed E-state index contributed by atoms with van der Waals surface area (Å²) in [4.78, 5) is 13.8. The van der Waals surface area contributed by atoms with E-state index in [2.05, 4.69) is 31.7 Å². The largest absolute Gasteiger partial charge is 0.463 e. The highest BCUT2D eigenvalue weighted by Crippen LogP contribution is 2.15. The van der Waals surface area contributed by atoms with E-state index in [-0.39, 0.29) is 18.1 Å². The molecule has 0 aliphatic rings. The second kappa shape index (κ2) is 7.78. The Labute approximate surface area is 128 Å². The van der Waals surface area contributed by atoms with Crippen LogP contribution in [0.4, 0.5) is 5.95 Å². The minimum absolute atomic E-state index is 0.000783. The molecule has 114 valence electrons. The van der Waals surface area contributed by atoms with Crippen LogP contribution in [-0.4, -0.2) is 34.2 Å². The van der Waals surface area contributed by atoms with Crippen molar-refractivity contribution in [1.82, 2.24) is 15.0 Å². The fourth-order valence-electron chi connectivity index (χ4n) is 1.60. The van der Waals surface area contributed by atoms with Gasteiger partial charge >= 0.3 is 12.0 Å². The minimum atomic E-state index is 0.000783. The number of anilines is 1. The van der Waals surface area contributed by atoms with Crippen molar-refractivity contribution in [3.8, 4) is 12.0 Å². The summed E-state index contributed by atoms with van der Waals surface area (Å²) in [7, 11) is 0. The molecule has 2 aromatic heterocycles. The van der Waals surface area contributed by atoms with Gasteiger partial charge in [0, 0.05) is 17.8 Å². The zero-order chi connectivity index (χ0) is 15.1. The molecule has 0 radical (unpaired) electrons. The van der Waals surface area contributed by atoms with Crippen LogP contribution in [0.1, 0.15) is 25.6 Å². The molecule has 7 heteroatoms. The van der Waals surface area contributed by atoms with Gasteiger partial charge in [-0.3, -0.25) is 0 Å². The number of hydrogen-bond donors (Lipinski definition) is 1. The third-order valence-electron chi connectivity index (χ3n) is 2.43. The maximum atomic E-state index is 5.61. The molecule has 0 bridgehead atoms. The zero-order valence-corrected chi connectivity index (χ0v) is 13.3. The maximum Gasteiger partial charge on any atom is 0.324 e. The average Bonchev–Trinajstić information content (AvgIpc) is 2.91. The number of aromatic nitrogens is 3. The van der Waals surface area contributed by atoms with Crippen LogP contribution in [0.3, 0.4) is 0 Å². The van der Waals surface area contributed by atoms with Crippen LogP contribution in [0.25, 0.3) is 0 Å². The van der Waals surface area contributed by atoms with E-state index in [0.717, 1.165) is 13.0 Å². The van der Waals surface area contributed by atoms with E-state index in [1.807, 2.05) is 26.8 Å². The van der Waals surface area contributed by atoms with Gasteiger partial charge in [-0.05, 0) is 32.2 Å². The van der Waals surface area contributed by atoms with Crippen molar-refractivity contribution in [1.29, 1.82) is 0 Å². The molecular weight excluding hydrogens is 288 g/mol. The van der Waals surface area contributed by atoms with Gasteiger partial charge in [0.2, 0.25) is 5.95 Å². The van der Waals surface area contributed by atoms with Gasteiger partial charge < -0.3 is 14.8 Å². The highest BCUT2D eigenvalue weighted by molar-refractivity contribution is 7.09. The molecule has 0 saturated carbocycles. The van der Waals surface area contributed by atoms with Gasteiger partial charge in [-0.2, -0.15) is 9.97 Å². The molecule has 21 heavy (non-hydrogen) atoms. The van der Waals surface area contributed by atoms with E-state index >= 15 is 0 Å². The van der Waals surface area contributed by atoms with Crippen LogP contribution in [-0.2, 0) is 6.42 Å². The van der Waals surface area contributed by atoms with Crippen molar-refractivity contribution in [3.63, 3.8) is 0 Å². The molecule has 2 rings (SSSR count). The monoisotopic (exact) mass is 308 g/mol. The smallest absolute Gasteiger partial charge is 0.324 e. The summed E-state index contributed by atoms with van der Waals surface area (Å²) in [6.45, 7) is 7.07. The molecule has 0 unspecified atom stereocenters. The first kappa shape index (κ1) is 15.5. The van der Waals surface area contributed by atoms with Gasteiger partial charge in [0.1, 0.15) is 0 Å². The van der Waals surface area contributed by atoms with Gasteiger partial charge in [-0.15, -0.1) is 16.3 Å². The molecule has 0 amide bonds. The highest BCUT2D eigenvalue weighted by Gasteiger charge is 2.09. The Morgan fingerprint density at radius 2 is 2.05 bits per heavy atom. The fraction of sp³-hybridized carbons (Fsp3) is 0.500. The van der Waals surface area contributed by atoms with Crippen molar-refractivity contribution < 1.29 is 9.47 Å². The number of rotatable bonds is 8. The van der Waals surface area contributed by atoms with Gasteiger partial charge in [0.05, 0.1) is 12.7 Å². The molecule has 2 heterocycles. The Hall–Kier alpha value is -1.89. The van der Waals surface area contributed by atoms with Crippen LogP contribution in [0.15, 0.2) is 17.5 Å². The quantitative estimate of drug-likeness (QED) is 0.808. The summed E-state index contributed by atoms with van der Waals surface area (Å²) in [5, 5.41) is 5.10. The summed E-state index contributed by atoms with van der Waals surface area (Å²) in [5.74, 6) is 0.467. The maximum absolute atomic E-state index is 5.61. The van der Waals surface area contributed by atoms with Crippen LogP contribution in [0.5, 0.6) is 12.0 Å². The fourth-order valence-corrected chi connectivity index (χ4v) is 2.29. The molecule has 0 aliphatic heterocycles. The second-order valence-electron chi connectivity index (χ2n) is 4.60. The first-order valence-electron chi connectivity index (χ1n) is 6.99. The van der Waals surface area contributed by atoms with Crippen molar-refractivity contribution >= 4 is 17.3 Å². The topological polar surface area (TPSA) is 69.2 Å². The Morgan fingerprint density at radius 1 is 1.24 bits per heavy atom. The zero-order valence-electron chi connectivity index (χ0n) is 12.5. The number of nitrogens with one attached hydrogen (secondary N) is 1. The lowest BCUT2D eigenvalue weighted by Gasteiger charge is -2.11. The van der Waals surface area contributed by atoms with Crippen LogP contribution in [0.2, 0.25) is 0 Å². The van der Waals surface area contributed by atoms with Crippen LogP contribution >= 0.6 is 11.3 Å². The summed E-state index contributed by atoms with van der Waals surface area (Å²) in [6, 6.07) is 4.68. The lowest BCUT2D eigenvalue weighted by Crippen LogP contribution is -2.13. The van der Waals surface area contributed by atoms with Gasteiger partial charge in [-0.25, -0.2) is 0 Å². The Balaban J connectivity index is 2.00. The summed E-state index contributed by atoms with van der Waals surface area (Å²) in [5.41, 5.74) is 0. The molecule has 0 aliphatic carbocycles. The molecule has 0 atom stereocenters. The van der Waals surface area contributed by atoms with Crippen LogP contribution in [0, 0.1) is 0 Å². The lowest BCUT2D eigenvalue weighted by atomic mass is 10.4. The number of nitrogens with zero attached hydrogens (tertiary/aromatic N) is 3. The first-order valence-corrected chi connectivity index (χ1v) is 7.87. The SMILES string of the molecule is CCNc1nc(OCCc2cccs2)nc(OC(C)C)n1.